The van der Waals surface area contributed by atoms with Crippen molar-refractivity contribution in [3.8, 4) is 0 Å². The van der Waals surface area contributed by atoms with Gasteiger partial charge in [-0.05, 0) is 6.92 Å². The van der Waals surface area contributed by atoms with E-state index in [2.05, 4.69) is 4.74 Å². The van der Waals surface area contributed by atoms with E-state index in [0.29, 0.717) is 19.8 Å². The van der Waals surface area contributed by atoms with Crippen LogP contribution in [0.25, 0.3) is 0 Å². The van der Waals surface area contributed by atoms with E-state index >= 15 is 0 Å². The van der Waals surface area contributed by atoms with Gasteiger partial charge in [-0.25, -0.2) is 4.79 Å². The molecule has 0 aliphatic heterocycles. The third kappa shape index (κ3) is 9.73. The van der Waals surface area contributed by atoms with Crippen molar-refractivity contribution in [1.29, 1.82) is 0 Å². The maximum absolute atomic E-state index is 11.0. The van der Waals surface area contributed by atoms with Gasteiger partial charge in [0.15, 0.2) is 6.10 Å². The van der Waals surface area contributed by atoms with Crippen molar-refractivity contribution in [2.45, 2.75) is 19.4 Å². The summed E-state index contributed by atoms with van der Waals surface area (Å²) in [5, 5.41) is 17.4. The Morgan fingerprint density at radius 2 is 1.71 bits per heavy atom. The standard InChI is InChI=1S/C10H18O7/c1-2-15-3-4-16-5-6-17-10(14)8(11)7-9(12)13/h8,11H,2-7H2,1H3,(H,12,13). The number of ether oxygens (including phenoxy) is 3. The molecule has 0 aliphatic carbocycles. The number of hydrogen-bond donors (Lipinski definition) is 2. The molecule has 0 saturated heterocycles. The summed E-state index contributed by atoms with van der Waals surface area (Å²) >= 11 is 0. The minimum absolute atomic E-state index is 0.0262. The van der Waals surface area contributed by atoms with Gasteiger partial charge < -0.3 is 24.4 Å². The summed E-state index contributed by atoms with van der Waals surface area (Å²) in [7, 11) is 0. The van der Waals surface area contributed by atoms with Crippen LogP contribution in [0.1, 0.15) is 13.3 Å². The van der Waals surface area contributed by atoms with E-state index in [1.165, 1.54) is 0 Å². The number of aliphatic carboxylic acids is 1. The number of carbonyl (C=O) groups excluding carboxylic acids is 1. The van der Waals surface area contributed by atoms with Gasteiger partial charge in [0.25, 0.3) is 0 Å². The maximum atomic E-state index is 11.0. The van der Waals surface area contributed by atoms with E-state index in [9.17, 15) is 9.59 Å². The summed E-state index contributed by atoms with van der Waals surface area (Å²) in [6.45, 7) is 3.49. The fourth-order valence-corrected chi connectivity index (χ4v) is 0.910. The first-order valence-corrected chi connectivity index (χ1v) is 5.30. The SMILES string of the molecule is CCOCCOCCOC(=O)C(O)CC(=O)O. The molecule has 1 atom stereocenters. The Morgan fingerprint density at radius 3 is 2.29 bits per heavy atom. The van der Waals surface area contributed by atoms with Gasteiger partial charge in [-0.15, -0.1) is 0 Å². The number of carbonyl (C=O) groups is 2. The molecular formula is C10H18O7. The van der Waals surface area contributed by atoms with Crippen molar-refractivity contribution in [2.24, 2.45) is 0 Å². The van der Waals surface area contributed by atoms with Crippen molar-refractivity contribution in [3.63, 3.8) is 0 Å². The van der Waals surface area contributed by atoms with Gasteiger partial charge in [0, 0.05) is 6.61 Å². The van der Waals surface area contributed by atoms with Crippen LogP contribution in [0, 0.1) is 0 Å². The molecular weight excluding hydrogens is 232 g/mol. The van der Waals surface area contributed by atoms with Gasteiger partial charge in [0.05, 0.1) is 26.2 Å². The summed E-state index contributed by atoms with van der Waals surface area (Å²) in [5.41, 5.74) is 0. The summed E-state index contributed by atoms with van der Waals surface area (Å²) in [5.74, 6) is -2.22. The zero-order valence-corrected chi connectivity index (χ0v) is 9.76. The van der Waals surface area contributed by atoms with E-state index in [1.54, 1.807) is 0 Å². The van der Waals surface area contributed by atoms with E-state index < -0.39 is 24.5 Å². The molecule has 1 unspecified atom stereocenters. The minimum atomic E-state index is -1.63. The highest BCUT2D eigenvalue weighted by molar-refractivity contribution is 5.80. The fraction of sp³-hybridized carbons (Fsp3) is 0.800. The lowest BCUT2D eigenvalue weighted by Gasteiger charge is -2.09. The summed E-state index contributed by atoms with van der Waals surface area (Å²) in [6.07, 6.45) is -2.29. The number of carboxylic acids is 1. The molecule has 0 bridgehead atoms. The summed E-state index contributed by atoms with van der Waals surface area (Å²) < 4.78 is 14.6. The average molecular weight is 250 g/mol. The Bertz CT molecular complexity index is 229. The predicted molar refractivity (Wildman–Crippen MR) is 56.5 cm³/mol. The molecule has 2 N–H and O–H groups in total. The Balaban J connectivity index is 3.41. The zero-order valence-electron chi connectivity index (χ0n) is 9.76. The first kappa shape index (κ1) is 15.8. The van der Waals surface area contributed by atoms with E-state index in [0.717, 1.165) is 0 Å². The second-order valence-electron chi connectivity index (χ2n) is 3.09. The monoisotopic (exact) mass is 250 g/mol. The lowest BCUT2D eigenvalue weighted by atomic mass is 10.2. The van der Waals surface area contributed by atoms with Gasteiger partial charge in [0.1, 0.15) is 6.61 Å². The highest BCUT2D eigenvalue weighted by atomic mass is 16.6. The first-order valence-electron chi connectivity index (χ1n) is 5.30. The molecule has 0 amide bonds. The maximum Gasteiger partial charge on any atom is 0.335 e. The smallest absolute Gasteiger partial charge is 0.335 e. The fourth-order valence-electron chi connectivity index (χ4n) is 0.910. The molecule has 0 aromatic heterocycles. The summed E-state index contributed by atoms with van der Waals surface area (Å²) in [4.78, 5) is 21.2. The molecule has 17 heavy (non-hydrogen) atoms. The average Bonchev–Trinajstić information content (AvgIpc) is 2.26. The molecule has 0 aromatic rings. The quantitative estimate of drug-likeness (QED) is 0.395. The van der Waals surface area contributed by atoms with Crippen LogP contribution in [-0.2, 0) is 23.8 Å². The lowest BCUT2D eigenvalue weighted by molar-refractivity contribution is -0.159. The lowest BCUT2D eigenvalue weighted by Crippen LogP contribution is -2.27. The van der Waals surface area contributed by atoms with Gasteiger partial charge in [-0.1, -0.05) is 0 Å². The Kier molecular flexibility index (Phi) is 9.31. The van der Waals surface area contributed by atoms with Crippen LogP contribution in [0.4, 0.5) is 0 Å². The van der Waals surface area contributed by atoms with Crippen LogP contribution in [0.5, 0.6) is 0 Å². The molecule has 0 radical (unpaired) electrons. The second kappa shape index (κ2) is 10.0. The normalized spacial score (nSPS) is 12.1. The van der Waals surface area contributed by atoms with Crippen LogP contribution in [-0.4, -0.2) is 61.3 Å². The third-order valence-electron chi connectivity index (χ3n) is 1.69. The van der Waals surface area contributed by atoms with Crippen LogP contribution in [0.15, 0.2) is 0 Å². The molecule has 0 rings (SSSR count). The van der Waals surface area contributed by atoms with Crippen LogP contribution in [0.2, 0.25) is 0 Å². The number of rotatable bonds is 10. The Morgan fingerprint density at radius 1 is 1.12 bits per heavy atom. The Labute approximate surface area is 99.3 Å². The molecule has 0 spiro atoms. The molecule has 0 aromatic carbocycles. The van der Waals surface area contributed by atoms with Crippen molar-refractivity contribution in [1.82, 2.24) is 0 Å². The molecule has 0 saturated carbocycles. The number of aliphatic hydroxyl groups excluding tert-OH is 1. The highest BCUT2D eigenvalue weighted by Crippen LogP contribution is 1.95. The van der Waals surface area contributed by atoms with E-state index in [4.69, 9.17) is 19.7 Å². The second-order valence-corrected chi connectivity index (χ2v) is 3.09. The molecule has 0 heterocycles. The largest absolute Gasteiger partial charge is 0.481 e. The number of hydrogen-bond acceptors (Lipinski definition) is 6. The van der Waals surface area contributed by atoms with Crippen molar-refractivity contribution < 1.29 is 34.0 Å². The van der Waals surface area contributed by atoms with Crippen LogP contribution < -0.4 is 0 Å². The molecule has 7 nitrogen and oxygen atoms in total. The topological polar surface area (TPSA) is 102 Å². The molecule has 0 fully saturated rings. The van der Waals surface area contributed by atoms with Crippen molar-refractivity contribution in [3.05, 3.63) is 0 Å². The van der Waals surface area contributed by atoms with Gasteiger partial charge in [0.2, 0.25) is 0 Å². The third-order valence-corrected chi connectivity index (χ3v) is 1.69. The highest BCUT2D eigenvalue weighted by Gasteiger charge is 2.19. The van der Waals surface area contributed by atoms with Crippen LogP contribution >= 0.6 is 0 Å². The van der Waals surface area contributed by atoms with Crippen LogP contribution in [0.3, 0.4) is 0 Å². The first-order chi connectivity index (χ1) is 8.07. The van der Waals surface area contributed by atoms with E-state index in [1.807, 2.05) is 6.92 Å². The minimum Gasteiger partial charge on any atom is -0.481 e. The number of esters is 1. The van der Waals surface area contributed by atoms with Gasteiger partial charge >= 0.3 is 11.9 Å². The summed E-state index contributed by atoms with van der Waals surface area (Å²) in [6, 6.07) is 0. The molecule has 7 heteroatoms. The zero-order chi connectivity index (χ0) is 13.1. The van der Waals surface area contributed by atoms with Gasteiger partial charge in [-0.2, -0.15) is 0 Å². The predicted octanol–water partition coefficient (Wildman–Crippen LogP) is -0.582. The molecule has 100 valence electrons. The van der Waals surface area contributed by atoms with Crippen molar-refractivity contribution >= 4 is 11.9 Å². The van der Waals surface area contributed by atoms with Gasteiger partial charge in [-0.3, -0.25) is 4.79 Å². The number of aliphatic hydroxyl groups is 1. The Hall–Kier alpha value is -1.18. The van der Waals surface area contributed by atoms with E-state index in [-0.39, 0.29) is 13.2 Å². The van der Waals surface area contributed by atoms with Crippen molar-refractivity contribution in [2.75, 3.05) is 33.0 Å². The number of carboxylic acid groups (broad SMARTS) is 1. The molecule has 0 aliphatic rings.